The van der Waals surface area contributed by atoms with Crippen LogP contribution in [0.3, 0.4) is 0 Å². The first kappa shape index (κ1) is 32.9. The number of ether oxygens (including phenoxy) is 1. The number of hydrogen-bond acceptors (Lipinski definition) is 5. The lowest BCUT2D eigenvalue weighted by Gasteiger charge is -2.33. The number of nitrogens with zero attached hydrogens (tertiary/aromatic N) is 2. The maximum Gasteiger partial charge on any atom is 0.243 e. The average Bonchev–Trinajstić information content (AvgIpc) is 2.97. The largest absolute Gasteiger partial charge is 0.497 e. The van der Waals surface area contributed by atoms with E-state index in [0.717, 1.165) is 23.8 Å². The molecule has 0 fully saturated rings. The lowest BCUT2D eigenvalue weighted by molar-refractivity contribution is -0.141. The Morgan fingerprint density at radius 1 is 1.00 bits per heavy atom. The Morgan fingerprint density at radius 2 is 1.69 bits per heavy atom. The van der Waals surface area contributed by atoms with E-state index in [2.05, 4.69) is 5.32 Å². The van der Waals surface area contributed by atoms with Crippen molar-refractivity contribution in [2.75, 3.05) is 24.2 Å². The lowest BCUT2D eigenvalue weighted by atomic mass is 10.0. The normalized spacial score (nSPS) is 12.7. The molecule has 0 aliphatic rings. The van der Waals surface area contributed by atoms with Gasteiger partial charge in [-0.1, -0.05) is 73.1 Å². The van der Waals surface area contributed by atoms with Crippen LogP contribution in [0.2, 0.25) is 5.02 Å². The number of carbonyl (C=O) groups is 2. The summed E-state index contributed by atoms with van der Waals surface area (Å²) in [5, 5.41) is 3.54. The van der Waals surface area contributed by atoms with E-state index < -0.39 is 16.1 Å². The Labute approximate surface area is 254 Å². The number of nitrogens with one attached hydrogen (secondary N) is 1. The van der Waals surface area contributed by atoms with Gasteiger partial charge in [-0.2, -0.15) is 0 Å². The van der Waals surface area contributed by atoms with E-state index in [1.165, 1.54) is 11.4 Å². The number of rotatable bonds is 15. The number of anilines is 1. The monoisotopic (exact) mass is 613 g/mol. The van der Waals surface area contributed by atoms with Crippen LogP contribution in [0.4, 0.5) is 5.69 Å². The molecule has 0 saturated heterocycles. The third-order valence-corrected chi connectivity index (χ3v) is 8.63. The molecule has 2 amide bonds. The molecule has 3 aromatic carbocycles. The second-order valence-corrected chi connectivity index (χ2v) is 12.6. The molecule has 0 bridgehead atoms. The van der Waals surface area contributed by atoms with Crippen molar-refractivity contribution in [3.8, 4) is 5.75 Å². The van der Waals surface area contributed by atoms with Gasteiger partial charge in [-0.25, -0.2) is 8.42 Å². The molecule has 10 heteroatoms. The van der Waals surface area contributed by atoms with E-state index in [1.807, 2.05) is 62.4 Å². The van der Waals surface area contributed by atoms with E-state index in [-0.39, 0.29) is 43.8 Å². The molecule has 3 aromatic rings. The minimum absolute atomic E-state index is 0.0301. The minimum Gasteiger partial charge on any atom is -0.497 e. The summed E-state index contributed by atoms with van der Waals surface area (Å²) in [6.07, 6.45) is 2.47. The van der Waals surface area contributed by atoms with Crippen molar-refractivity contribution in [1.29, 1.82) is 0 Å². The fourth-order valence-electron chi connectivity index (χ4n) is 4.57. The number of sulfonamides is 1. The maximum absolute atomic E-state index is 13.9. The Kier molecular flexibility index (Phi) is 12.2. The van der Waals surface area contributed by atoms with Crippen LogP contribution < -0.4 is 14.4 Å². The van der Waals surface area contributed by atoms with Crippen LogP contribution >= 0.6 is 11.6 Å². The second-order valence-electron chi connectivity index (χ2n) is 10.3. The molecule has 1 N–H and O–H groups in total. The van der Waals surface area contributed by atoms with Crippen LogP contribution in [0.1, 0.15) is 44.2 Å². The van der Waals surface area contributed by atoms with E-state index in [4.69, 9.17) is 16.3 Å². The van der Waals surface area contributed by atoms with Crippen molar-refractivity contribution in [1.82, 2.24) is 10.2 Å². The molecule has 0 aliphatic heterocycles. The zero-order valence-corrected chi connectivity index (χ0v) is 26.2. The highest BCUT2D eigenvalue weighted by molar-refractivity contribution is 7.92. The molecule has 42 heavy (non-hydrogen) atoms. The first-order valence-corrected chi connectivity index (χ1v) is 16.2. The fraction of sp³-hybridized carbons (Fsp3) is 0.375. The molecule has 0 spiro atoms. The molecule has 0 radical (unpaired) electrons. The molecule has 0 heterocycles. The van der Waals surface area contributed by atoms with Crippen LogP contribution in [0.25, 0.3) is 0 Å². The Morgan fingerprint density at radius 3 is 2.33 bits per heavy atom. The molecule has 226 valence electrons. The molecule has 3 rings (SSSR count). The summed E-state index contributed by atoms with van der Waals surface area (Å²) in [6, 6.07) is 22.7. The van der Waals surface area contributed by atoms with Gasteiger partial charge in [-0.3, -0.25) is 13.9 Å². The molecule has 0 aliphatic carbocycles. The lowest BCUT2D eigenvalue weighted by Crippen LogP contribution is -2.52. The van der Waals surface area contributed by atoms with E-state index in [0.29, 0.717) is 22.9 Å². The van der Waals surface area contributed by atoms with Crippen molar-refractivity contribution in [2.45, 2.75) is 58.2 Å². The summed E-state index contributed by atoms with van der Waals surface area (Å²) in [6.45, 7) is 4.13. The van der Waals surface area contributed by atoms with Crippen LogP contribution in [0, 0.1) is 0 Å². The third kappa shape index (κ3) is 9.49. The van der Waals surface area contributed by atoms with Gasteiger partial charge in [0.25, 0.3) is 0 Å². The fourth-order valence-corrected chi connectivity index (χ4v) is 5.73. The van der Waals surface area contributed by atoms with Gasteiger partial charge >= 0.3 is 0 Å². The topological polar surface area (TPSA) is 96.0 Å². The van der Waals surface area contributed by atoms with Crippen molar-refractivity contribution >= 4 is 39.1 Å². The van der Waals surface area contributed by atoms with Crippen LogP contribution in [0.15, 0.2) is 78.9 Å². The summed E-state index contributed by atoms with van der Waals surface area (Å²) < 4.78 is 31.9. The highest BCUT2D eigenvalue weighted by Crippen LogP contribution is 2.25. The molecule has 8 nitrogen and oxygen atoms in total. The van der Waals surface area contributed by atoms with Crippen molar-refractivity contribution in [2.24, 2.45) is 0 Å². The SMILES string of the molecule is CC[C@H](C)NC(=O)[C@@H](Cc1ccccc1)N(Cc1ccccc1Cl)C(=O)CCCN(c1cccc(OC)c1)S(C)(=O)=O. The minimum atomic E-state index is -3.63. The molecule has 0 unspecified atom stereocenters. The average molecular weight is 614 g/mol. The number of benzene rings is 3. The third-order valence-electron chi connectivity index (χ3n) is 7.06. The first-order valence-electron chi connectivity index (χ1n) is 14.0. The van der Waals surface area contributed by atoms with Crippen LogP contribution in [0.5, 0.6) is 5.75 Å². The Hall–Kier alpha value is -3.56. The van der Waals surface area contributed by atoms with Gasteiger partial charge in [0.1, 0.15) is 11.8 Å². The number of halogens is 1. The van der Waals surface area contributed by atoms with E-state index in [1.54, 1.807) is 35.2 Å². The summed E-state index contributed by atoms with van der Waals surface area (Å²) in [4.78, 5) is 29.2. The van der Waals surface area contributed by atoms with Gasteiger partial charge in [-0.15, -0.1) is 0 Å². The van der Waals surface area contributed by atoms with Gasteiger partial charge in [0.2, 0.25) is 21.8 Å². The van der Waals surface area contributed by atoms with Gasteiger partial charge in [0, 0.05) is 43.1 Å². The highest BCUT2D eigenvalue weighted by Gasteiger charge is 2.31. The zero-order valence-electron chi connectivity index (χ0n) is 24.6. The number of hydrogen-bond donors (Lipinski definition) is 1. The summed E-state index contributed by atoms with van der Waals surface area (Å²) in [5.74, 6) is 0.0104. The number of methoxy groups -OCH3 is 1. The molecule has 2 atom stereocenters. The van der Waals surface area contributed by atoms with Gasteiger partial charge < -0.3 is 15.0 Å². The first-order chi connectivity index (χ1) is 20.0. The van der Waals surface area contributed by atoms with E-state index in [9.17, 15) is 18.0 Å². The Bertz CT molecular complexity index is 1430. The second kappa shape index (κ2) is 15.6. The van der Waals surface area contributed by atoms with Gasteiger partial charge in [0.05, 0.1) is 19.1 Å². The van der Waals surface area contributed by atoms with Crippen LogP contribution in [-0.2, 0) is 32.6 Å². The van der Waals surface area contributed by atoms with Crippen molar-refractivity contribution in [3.63, 3.8) is 0 Å². The smallest absolute Gasteiger partial charge is 0.243 e. The van der Waals surface area contributed by atoms with Gasteiger partial charge in [-0.05, 0) is 49.1 Å². The Balaban J connectivity index is 1.90. The predicted octanol–water partition coefficient (Wildman–Crippen LogP) is 5.45. The van der Waals surface area contributed by atoms with Crippen molar-refractivity contribution in [3.05, 3.63) is 95.0 Å². The summed E-state index contributed by atoms with van der Waals surface area (Å²) in [7, 11) is -2.12. The quantitative estimate of drug-likeness (QED) is 0.246. The summed E-state index contributed by atoms with van der Waals surface area (Å²) in [5.41, 5.74) is 2.09. The summed E-state index contributed by atoms with van der Waals surface area (Å²) >= 11 is 6.49. The van der Waals surface area contributed by atoms with Gasteiger partial charge in [0.15, 0.2) is 0 Å². The van der Waals surface area contributed by atoms with Crippen LogP contribution in [-0.4, -0.2) is 57.1 Å². The molecular formula is C32H40ClN3O5S. The highest BCUT2D eigenvalue weighted by atomic mass is 35.5. The van der Waals surface area contributed by atoms with Crippen molar-refractivity contribution < 1.29 is 22.7 Å². The number of amides is 2. The van der Waals surface area contributed by atoms with E-state index >= 15 is 0 Å². The molecule has 0 aromatic heterocycles. The molecular weight excluding hydrogens is 574 g/mol. The standard InChI is InChI=1S/C32H40ClN3O5S/c1-5-24(2)34-32(38)30(21-25-13-7-6-8-14-25)35(23-26-15-9-10-18-29(26)33)31(37)19-12-20-36(42(4,39)40)27-16-11-17-28(22-27)41-3/h6-11,13-18,22,24,30H,5,12,19-21,23H2,1-4H3,(H,34,38)/t24-,30+/m0/s1. The molecule has 0 saturated carbocycles. The predicted molar refractivity (Wildman–Crippen MR) is 168 cm³/mol. The number of carbonyl (C=O) groups excluding carboxylic acids is 2. The zero-order chi connectivity index (χ0) is 30.7. The maximum atomic E-state index is 13.9.